The molecule has 0 unspecified atom stereocenters. The van der Waals surface area contributed by atoms with Gasteiger partial charge in [0, 0.05) is 31.5 Å². The maximum atomic E-state index is 11.9. The van der Waals surface area contributed by atoms with Crippen LogP contribution in [0.15, 0.2) is 10.6 Å². The Hall–Kier alpha value is -2.38. The van der Waals surface area contributed by atoms with Gasteiger partial charge in [-0.1, -0.05) is 25.9 Å². The van der Waals surface area contributed by atoms with Gasteiger partial charge in [0.25, 0.3) is 0 Å². The molecule has 0 aliphatic heterocycles. The van der Waals surface area contributed by atoms with Crippen molar-refractivity contribution in [2.45, 2.75) is 34.1 Å². The van der Waals surface area contributed by atoms with Gasteiger partial charge in [-0.2, -0.15) is 0 Å². The fourth-order valence-corrected chi connectivity index (χ4v) is 1.65. The molecule has 0 radical (unpaired) electrons. The van der Waals surface area contributed by atoms with Crippen molar-refractivity contribution in [3.8, 4) is 0 Å². The Balaban J connectivity index is 2.33. The van der Waals surface area contributed by atoms with Crippen LogP contribution in [0.4, 0.5) is 5.82 Å². The lowest BCUT2D eigenvalue weighted by molar-refractivity contribution is -0.133. The number of hydrogen-bond acceptors (Lipinski definition) is 5. The Morgan fingerprint density at radius 1 is 1.30 bits per heavy atom. The zero-order valence-electron chi connectivity index (χ0n) is 14.2. The highest BCUT2D eigenvalue weighted by Crippen LogP contribution is 2.12. The molecule has 1 heterocycles. The average molecular weight is 324 g/mol. The number of likely N-dealkylation sites (N-methyl/N-ethyl adjacent to an activating group) is 1. The highest BCUT2D eigenvalue weighted by molar-refractivity contribution is 5.93. The number of hydrogen-bond donors (Lipinski definition) is 2. The topological polar surface area (TPSA) is 105 Å². The van der Waals surface area contributed by atoms with E-state index in [4.69, 9.17) is 4.52 Å². The molecule has 1 rings (SSSR count). The molecule has 1 aromatic heterocycles. The Kier molecular flexibility index (Phi) is 6.29. The van der Waals surface area contributed by atoms with Gasteiger partial charge in [-0.3, -0.25) is 14.4 Å². The molecule has 128 valence electrons. The molecule has 0 saturated heterocycles. The molecule has 0 aliphatic rings. The molecule has 8 nitrogen and oxygen atoms in total. The Morgan fingerprint density at radius 2 is 1.96 bits per heavy atom. The van der Waals surface area contributed by atoms with Gasteiger partial charge in [-0.05, 0) is 6.92 Å². The first-order valence-electron chi connectivity index (χ1n) is 7.35. The summed E-state index contributed by atoms with van der Waals surface area (Å²) >= 11 is 0. The maximum absolute atomic E-state index is 11.9. The minimum Gasteiger partial charge on any atom is -0.360 e. The molecule has 0 atom stereocenters. The van der Waals surface area contributed by atoms with Crippen molar-refractivity contribution in [3.63, 3.8) is 0 Å². The van der Waals surface area contributed by atoms with Gasteiger partial charge in [0.2, 0.25) is 17.7 Å². The van der Waals surface area contributed by atoms with Crippen LogP contribution in [0.3, 0.4) is 0 Å². The number of amides is 3. The lowest BCUT2D eigenvalue weighted by atomic mass is 9.96. The van der Waals surface area contributed by atoms with E-state index < -0.39 is 5.41 Å². The summed E-state index contributed by atoms with van der Waals surface area (Å²) in [5, 5.41) is 8.87. The molecule has 0 aliphatic carbocycles. The van der Waals surface area contributed by atoms with Crippen molar-refractivity contribution in [1.82, 2.24) is 15.4 Å². The largest absolute Gasteiger partial charge is 0.360 e. The third kappa shape index (κ3) is 6.50. The quantitative estimate of drug-likeness (QED) is 0.810. The van der Waals surface area contributed by atoms with E-state index in [-0.39, 0.29) is 37.2 Å². The van der Waals surface area contributed by atoms with Crippen molar-refractivity contribution in [2.75, 3.05) is 25.5 Å². The monoisotopic (exact) mass is 324 g/mol. The lowest BCUT2D eigenvalue weighted by Crippen LogP contribution is -2.39. The van der Waals surface area contributed by atoms with Crippen LogP contribution in [-0.2, 0) is 14.4 Å². The van der Waals surface area contributed by atoms with Crippen LogP contribution in [0.5, 0.6) is 0 Å². The number of nitrogens with one attached hydrogen (secondary N) is 2. The van der Waals surface area contributed by atoms with E-state index in [1.54, 1.807) is 33.8 Å². The highest BCUT2D eigenvalue weighted by atomic mass is 16.5. The fraction of sp³-hybridized carbons (Fsp3) is 0.600. The van der Waals surface area contributed by atoms with Crippen molar-refractivity contribution >= 4 is 23.5 Å². The molecule has 0 spiro atoms. The summed E-state index contributed by atoms with van der Waals surface area (Å²) in [5.74, 6) is 0.177. The minimum atomic E-state index is -0.495. The van der Waals surface area contributed by atoms with E-state index in [0.29, 0.717) is 11.6 Å². The molecule has 0 aromatic carbocycles. The van der Waals surface area contributed by atoms with Gasteiger partial charge >= 0.3 is 0 Å². The first-order chi connectivity index (χ1) is 10.6. The molecule has 0 bridgehead atoms. The van der Waals surface area contributed by atoms with Crippen molar-refractivity contribution < 1.29 is 18.9 Å². The molecule has 0 saturated carbocycles. The number of anilines is 1. The van der Waals surface area contributed by atoms with Crippen LogP contribution < -0.4 is 10.6 Å². The summed E-state index contributed by atoms with van der Waals surface area (Å²) in [5.41, 5.74) is -0.495. The summed E-state index contributed by atoms with van der Waals surface area (Å²) < 4.78 is 4.84. The fourth-order valence-electron chi connectivity index (χ4n) is 1.65. The van der Waals surface area contributed by atoms with Gasteiger partial charge in [0.15, 0.2) is 5.82 Å². The van der Waals surface area contributed by atoms with E-state index in [1.165, 1.54) is 11.9 Å². The smallest absolute Gasteiger partial charge is 0.245 e. The normalized spacial score (nSPS) is 11.0. The van der Waals surface area contributed by atoms with Crippen molar-refractivity contribution in [2.24, 2.45) is 5.41 Å². The lowest BCUT2D eigenvalue weighted by Gasteiger charge is -2.19. The summed E-state index contributed by atoms with van der Waals surface area (Å²) in [6.07, 6.45) is 0.134. The van der Waals surface area contributed by atoms with Gasteiger partial charge < -0.3 is 20.1 Å². The molecule has 23 heavy (non-hydrogen) atoms. The second kappa shape index (κ2) is 7.75. The van der Waals surface area contributed by atoms with E-state index in [9.17, 15) is 14.4 Å². The predicted molar refractivity (Wildman–Crippen MR) is 84.6 cm³/mol. The second-order valence-corrected chi connectivity index (χ2v) is 6.38. The highest BCUT2D eigenvalue weighted by Gasteiger charge is 2.21. The number of nitrogens with zero attached hydrogens (tertiary/aromatic N) is 2. The second-order valence-electron chi connectivity index (χ2n) is 6.38. The number of aryl methyl sites for hydroxylation is 1. The molecule has 1 aromatic rings. The molecule has 3 amide bonds. The van der Waals surface area contributed by atoms with Crippen molar-refractivity contribution in [3.05, 3.63) is 11.8 Å². The van der Waals surface area contributed by atoms with Crippen LogP contribution in [0.1, 0.15) is 33.0 Å². The van der Waals surface area contributed by atoms with Gasteiger partial charge in [-0.15, -0.1) is 0 Å². The summed E-state index contributed by atoms with van der Waals surface area (Å²) in [7, 11) is 1.53. The summed E-state index contributed by atoms with van der Waals surface area (Å²) in [6, 6.07) is 1.59. The van der Waals surface area contributed by atoms with E-state index >= 15 is 0 Å². The Bertz CT molecular complexity index is 574. The third-order valence-electron chi connectivity index (χ3n) is 3.01. The van der Waals surface area contributed by atoms with E-state index in [2.05, 4.69) is 15.8 Å². The predicted octanol–water partition coefficient (Wildman–Crippen LogP) is 0.932. The standard InChI is InChI=1S/C15H24N4O4/c1-10-8-11(18-23-10)17-12(20)9-19(5)13(21)6-7-16-14(22)15(2,3)4/h8H,6-7,9H2,1-5H3,(H,16,22)(H,17,18,20). The maximum Gasteiger partial charge on any atom is 0.245 e. The SMILES string of the molecule is Cc1cc(NC(=O)CN(C)C(=O)CCNC(=O)C(C)(C)C)no1. The number of aromatic nitrogens is 1. The van der Waals surface area contributed by atoms with Gasteiger partial charge in [0.1, 0.15) is 5.76 Å². The average Bonchev–Trinajstić information content (AvgIpc) is 2.82. The van der Waals surface area contributed by atoms with Gasteiger partial charge in [-0.25, -0.2) is 0 Å². The van der Waals surface area contributed by atoms with Crippen LogP contribution in [0.25, 0.3) is 0 Å². The molecule has 0 fully saturated rings. The van der Waals surface area contributed by atoms with Crippen molar-refractivity contribution in [1.29, 1.82) is 0 Å². The van der Waals surface area contributed by atoms with Crippen LogP contribution >= 0.6 is 0 Å². The van der Waals surface area contributed by atoms with Crippen LogP contribution in [0.2, 0.25) is 0 Å². The molecule has 8 heteroatoms. The van der Waals surface area contributed by atoms with E-state index in [0.717, 1.165) is 0 Å². The zero-order chi connectivity index (χ0) is 17.6. The van der Waals surface area contributed by atoms with Crippen LogP contribution in [0, 0.1) is 12.3 Å². The minimum absolute atomic E-state index is 0.0992. The number of carbonyl (C=O) groups is 3. The van der Waals surface area contributed by atoms with E-state index in [1.807, 2.05) is 0 Å². The Labute approximate surface area is 135 Å². The molecular formula is C15H24N4O4. The Morgan fingerprint density at radius 3 is 2.48 bits per heavy atom. The first kappa shape index (κ1) is 18.7. The summed E-state index contributed by atoms with van der Waals surface area (Å²) in [4.78, 5) is 36.7. The summed E-state index contributed by atoms with van der Waals surface area (Å²) in [6.45, 7) is 7.25. The molecule has 2 N–H and O–H groups in total. The molecular weight excluding hydrogens is 300 g/mol. The number of carbonyl (C=O) groups excluding carboxylic acids is 3. The van der Waals surface area contributed by atoms with Crippen LogP contribution in [-0.4, -0.2) is 47.9 Å². The zero-order valence-corrected chi connectivity index (χ0v) is 14.2. The first-order valence-corrected chi connectivity index (χ1v) is 7.35. The third-order valence-corrected chi connectivity index (χ3v) is 3.01. The van der Waals surface area contributed by atoms with Gasteiger partial charge in [0.05, 0.1) is 6.54 Å². The number of rotatable bonds is 6.